The predicted octanol–water partition coefficient (Wildman–Crippen LogP) is 4.25. The van der Waals surface area contributed by atoms with Gasteiger partial charge in [-0.05, 0) is 20.8 Å². The van der Waals surface area contributed by atoms with Gasteiger partial charge in [0.1, 0.15) is 5.60 Å². The maximum absolute atomic E-state index is 5.53. The van der Waals surface area contributed by atoms with Crippen molar-refractivity contribution in [3.63, 3.8) is 0 Å². The van der Waals surface area contributed by atoms with Gasteiger partial charge >= 0.3 is 0 Å². The fraction of sp³-hybridized carbons (Fsp3) is 0.923. The SMILES string of the molecule is CC(C)(C)ON=C(C(C)(C)C)C(C)(C)C. The molecule has 0 fully saturated rings. The van der Waals surface area contributed by atoms with Crippen LogP contribution in [0.2, 0.25) is 0 Å². The maximum atomic E-state index is 5.53. The summed E-state index contributed by atoms with van der Waals surface area (Å²) in [6, 6.07) is 0. The lowest BCUT2D eigenvalue weighted by Crippen LogP contribution is -2.34. The van der Waals surface area contributed by atoms with Crippen molar-refractivity contribution in [1.82, 2.24) is 0 Å². The smallest absolute Gasteiger partial charge is 0.129 e. The minimum Gasteiger partial charge on any atom is -0.390 e. The predicted molar refractivity (Wildman–Crippen MR) is 67.2 cm³/mol. The highest BCUT2D eigenvalue weighted by molar-refractivity contribution is 5.93. The second kappa shape index (κ2) is 4.15. The van der Waals surface area contributed by atoms with Gasteiger partial charge in [-0.25, -0.2) is 0 Å². The third-order valence-electron chi connectivity index (χ3n) is 1.83. The van der Waals surface area contributed by atoms with Crippen LogP contribution in [0.5, 0.6) is 0 Å². The number of rotatable bonds is 1. The molecule has 0 aromatic heterocycles. The Bertz CT molecular complexity index is 217. The van der Waals surface area contributed by atoms with E-state index in [2.05, 4.69) is 46.7 Å². The molecule has 0 aromatic rings. The first-order valence-electron chi connectivity index (χ1n) is 5.61. The van der Waals surface area contributed by atoms with Crippen LogP contribution in [0.4, 0.5) is 0 Å². The van der Waals surface area contributed by atoms with Crippen molar-refractivity contribution in [3.05, 3.63) is 0 Å². The summed E-state index contributed by atoms with van der Waals surface area (Å²) in [4.78, 5) is 5.53. The van der Waals surface area contributed by atoms with Crippen molar-refractivity contribution in [3.8, 4) is 0 Å². The Morgan fingerprint density at radius 1 is 0.733 bits per heavy atom. The summed E-state index contributed by atoms with van der Waals surface area (Å²) < 4.78 is 0. The highest BCUT2D eigenvalue weighted by Crippen LogP contribution is 2.30. The van der Waals surface area contributed by atoms with Crippen LogP contribution >= 0.6 is 0 Å². The number of hydrogen-bond acceptors (Lipinski definition) is 2. The molecule has 0 atom stereocenters. The fourth-order valence-corrected chi connectivity index (χ4v) is 1.58. The topological polar surface area (TPSA) is 21.6 Å². The molecule has 90 valence electrons. The Morgan fingerprint density at radius 2 is 1.07 bits per heavy atom. The molecular formula is C13H27NO. The van der Waals surface area contributed by atoms with Gasteiger partial charge in [0, 0.05) is 10.8 Å². The third kappa shape index (κ3) is 5.81. The van der Waals surface area contributed by atoms with E-state index in [4.69, 9.17) is 4.84 Å². The summed E-state index contributed by atoms with van der Waals surface area (Å²) in [5.41, 5.74) is 0.972. The molecule has 15 heavy (non-hydrogen) atoms. The lowest BCUT2D eigenvalue weighted by atomic mass is 9.75. The van der Waals surface area contributed by atoms with E-state index in [1.165, 1.54) is 0 Å². The van der Waals surface area contributed by atoms with Crippen molar-refractivity contribution >= 4 is 5.71 Å². The molecule has 0 heterocycles. The first-order chi connectivity index (χ1) is 6.34. The van der Waals surface area contributed by atoms with Crippen LogP contribution in [0.15, 0.2) is 5.16 Å². The molecule has 0 aliphatic heterocycles. The van der Waals surface area contributed by atoms with Gasteiger partial charge in [0.25, 0.3) is 0 Å². The highest BCUT2D eigenvalue weighted by atomic mass is 16.6. The van der Waals surface area contributed by atoms with Crippen molar-refractivity contribution in [2.45, 2.75) is 67.9 Å². The van der Waals surface area contributed by atoms with Crippen LogP contribution in [-0.2, 0) is 4.84 Å². The van der Waals surface area contributed by atoms with E-state index >= 15 is 0 Å². The third-order valence-corrected chi connectivity index (χ3v) is 1.83. The van der Waals surface area contributed by atoms with Crippen LogP contribution in [-0.4, -0.2) is 11.3 Å². The van der Waals surface area contributed by atoms with Gasteiger partial charge in [0.05, 0.1) is 5.71 Å². The van der Waals surface area contributed by atoms with Gasteiger partial charge in [0.2, 0.25) is 0 Å². The molecular weight excluding hydrogens is 186 g/mol. The zero-order valence-corrected chi connectivity index (χ0v) is 11.9. The monoisotopic (exact) mass is 213 g/mol. The summed E-state index contributed by atoms with van der Waals surface area (Å²) >= 11 is 0. The largest absolute Gasteiger partial charge is 0.390 e. The summed E-state index contributed by atoms with van der Waals surface area (Å²) in [5.74, 6) is 0. The summed E-state index contributed by atoms with van der Waals surface area (Å²) in [7, 11) is 0. The first kappa shape index (κ1) is 14.5. The van der Waals surface area contributed by atoms with E-state index in [0.717, 1.165) is 5.71 Å². The quantitative estimate of drug-likeness (QED) is 0.471. The molecule has 2 nitrogen and oxygen atoms in total. The van der Waals surface area contributed by atoms with Gasteiger partial charge in [-0.3, -0.25) is 0 Å². The normalized spacial score (nSPS) is 13.7. The highest BCUT2D eigenvalue weighted by Gasteiger charge is 2.31. The van der Waals surface area contributed by atoms with E-state index in [9.17, 15) is 0 Å². The molecule has 0 aliphatic carbocycles. The minimum absolute atomic E-state index is 0.0451. The van der Waals surface area contributed by atoms with Gasteiger partial charge < -0.3 is 4.84 Å². The average molecular weight is 213 g/mol. The van der Waals surface area contributed by atoms with Crippen LogP contribution in [0.1, 0.15) is 62.3 Å². The van der Waals surface area contributed by atoms with Crippen LogP contribution < -0.4 is 0 Å². The van der Waals surface area contributed by atoms with Gasteiger partial charge in [0.15, 0.2) is 0 Å². The van der Waals surface area contributed by atoms with Gasteiger partial charge in [-0.1, -0.05) is 46.7 Å². The molecule has 0 N–H and O–H groups in total. The van der Waals surface area contributed by atoms with E-state index in [1.54, 1.807) is 0 Å². The standard InChI is InChI=1S/C13H27NO/c1-11(2,3)10(12(4,5)6)14-15-13(7,8)9/h1-9H3. The second-order valence-electron chi connectivity index (χ2n) is 7.14. The van der Waals surface area contributed by atoms with E-state index in [0.29, 0.717) is 0 Å². The van der Waals surface area contributed by atoms with Crippen LogP contribution in [0, 0.1) is 10.8 Å². The average Bonchev–Trinajstić information content (AvgIpc) is 1.75. The number of nitrogens with zero attached hydrogens (tertiary/aromatic N) is 1. The molecule has 0 saturated carbocycles. The summed E-state index contributed by atoms with van der Waals surface area (Å²) in [5, 5.41) is 4.35. The molecule has 0 amide bonds. The summed E-state index contributed by atoms with van der Waals surface area (Å²) in [6.45, 7) is 19.1. The molecule has 0 aliphatic rings. The fourth-order valence-electron chi connectivity index (χ4n) is 1.58. The maximum Gasteiger partial charge on any atom is 0.129 e. The Kier molecular flexibility index (Phi) is 4.00. The lowest BCUT2D eigenvalue weighted by Gasteiger charge is -2.32. The van der Waals surface area contributed by atoms with Crippen molar-refractivity contribution < 1.29 is 4.84 Å². The van der Waals surface area contributed by atoms with Crippen LogP contribution in [0.3, 0.4) is 0 Å². The zero-order valence-electron chi connectivity index (χ0n) is 11.9. The second-order valence-corrected chi connectivity index (χ2v) is 7.14. The molecule has 0 unspecified atom stereocenters. The zero-order chi connectivity index (χ0) is 12.5. The molecule has 0 spiro atoms. The van der Waals surface area contributed by atoms with E-state index < -0.39 is 0 Å². The molecule has 2 heteroatoms. The molecule has 0 saturated heterocycles. The first-order valence-corrected chi connectivity index (χ1v) is 5.61. The molecule has 0 aromatic carbocycles. The Labute approximate surface area is 95.1 Å². The molecule has 0 radical (unpaired) electrons. The van der Waals surface area contributed by atoms with Crippen molar-refractivity contribution in [2.75, 3.05) is 0 Å². The Morgan fingerprint density at radius 3 is 1.27 bits per heavy atom. The van der Waals surface area contributed by atoms with Crippen LogP contribution in [0.25, 0.3) is 0 Å². The Balaban J connectivity index is 4.99. The van der Waals surface area contributed by atoms with E-state index in [-0.39, 0.29) is 16.4 Å². The summed E-state index contributed by atoms with van der Waals surface area (Å²) in [6.07, 6.45) is 0. The van der Waals surface area contributed by atoms with E-state index in [1.807, 2.05) is 20.8 Å². The van der Waals surface area contributed by atoms with Crippen molar-refractivity contribution in [2.24, 2.45) is 16.0 Å². The molecule has 0 rings (SSSR count). The molecule has 0 bridgehead atoms. The number of oxime groups is 1. The Hall–Kier alpha value is -0.530. The van der Waals surface area contributed by atoms with Gasteiger partial charge in [-0.15, -0.1) is 0 Å². The minimum atomic E-state index is -0.220. The number of hydrogen-bond donors (Lipinski definition) is 0. The van der Waals surface area contributed by atoms with Gasteiger partial charge in [-0.2, -0.15) is 0 Å². The van der Waals surface area contributed by atoms with Crippen molar-refractivity contribution in [1.29, 1.82) is 0 Å². The lowest BCUT2D eigenvalue weighted by molar-refractivity contribution is -0.00214.